The maximum atomic E-state index is 6.17. The number of hydrogen-bond donors (Lipinski definition) is 0. The van der Waals surface area contributed by atoms with E-state index in [0.29, 0.717) is 6.61 Å². The molecule has 4 aromatic heterocycles. The highest BCUT2D eigenvalue weighted by molar-refractivity contribution is 7.26. The van der Waals surface area contributed by atoms with E-state index in [9.17, 15) is 0 Å². The lowest BCUT2D eigenvalue weighted by Gasteiger charge is -2.36. The number of morpholine rings is 1. The van der Waals surface area contributed by atoms with Crippen molar-refractivity contribution in [2.24, 2.45) is 0 Å². The average Bonchev–Trinajstić information content (AvgIpc) is 3.31. The molecule has 4 aromatic rings. The first kappa shape index (κ1) is 16.5. The zero-order valence-corrected chi connectivity index (χ0v) is 16.5. The Hall–Kier alpha value is -2.43. The third kappa shape index (κ3) is 2.34. The maximum absolute atomic E-state index is 6.17. The van der Waals surface area contributed by atoms with E-state index in [1.165, 1.54) is 11.1 Å². The normalized spacial score (nSPS) is 19.6. The Balaban J connectivity index is 1.69. The molecule has 0 radical (unpaired) electrons. The molecule has 0 bridgehead atoms. The van der Waals surface area contributed by atoms with Gasteiger partial charge in [-0.05, 0) is 29.8 Å². The molecule has 0 amide bonds. The van der Waals surface area contributed by atoms with Crippen molar-refractivity contribution in [2.75, 3.05) is 31.2 Å². The first-order chi connectivity index (χ1) is 13.6. The van der Waals surface area contributed by atoms with Crippen molar-refractivity contribution in [1.29, 1.82) is 0 Å². The lowest BCUT2D eigenvalue weighted by atomic mass is 9.90. The average molecular weight is 397 g/mol. The first-order valence-electron chi connectivity index (χ1n) is 9.38. The molecule has 6 rings (SSSR count). The van der Waals surface area contributed by atoms with E-state index < -0.39 is 0 Å². The van der Waals surface area contributed by atoms with Gasteiger partial charge >= 0.3 is 0 Å². The number of rotatable bonds is 1. The van der Waals surface area contributed by atoms with Gasteiger partial charge in [-0.2, -0.15) is 4.52 Å². The van der Waals surface area contributed by atoms with Gasteiger partial charge in [0.15, 0.2) is 5.65 Å². The Bertz CT molecular complexity index is 1230. The fourth-order valence-corrected chi connectivity index (χ4v) is 5.27. The first-order valence-corrected chi connectivity index (χ1v) is 10.2. The van der Waals surface area contributed by atoms with Gasteiger partial charge in [-0.15, -0.1) is 16.4 Å². The number of anilines is 1. The van der Waals surface area contributed by atoms with Gasteiger partial charge in [0.1, 0.15) is 21.7 Å². The molecule has 9 nitrogen and oxygen atoms in total. The Morgan fingerprint density at radius 2 is 2.04 bits per heavy atom. The predicted molar refractivity (Wildman–Crippen MR) is 105 cm³/mol. The van der Waals surface area contributed by atoms with Crippen LogP contribution in [0.4, 0.5) is 5.82 Å². The van der Waals surface area contributed by atoms with Crippen LogP contribution in [0.3, 0.4) is 0 Å². The van der Waals surface area contributed by atoms with Crippen LogP contribution in [0.1, 0.15) is 25.0 Å². The highest BCUT2D eigenvalue weighted by Crippen LogP contribution is 2.43. The lowest BCUT2D eigenvalue weighted by molar-refractivity contribution is -0.0396. The van der Waals surface area contributed by atoms with Crippen molar-refractivity contribution in [1.82, 2.24) is 30.0 Å². The van der Waals surface area contributed by atoms with Crippen LogP contribution in [0, 0.1) is 0 Å². The van der Waals surface area contributed by atoms with Crippen molar-refractivity contribution >= 4 is 43.2 Å². The van der Waals surface area contributed by atoms with Gasteiger partial charge in [0.2, 0.25) is 0 Å². The minimum atomic E-state index is -0.224. The van der Waals surface area contributed by atoms with Gasteiger partial charge < -0.3 is 14.4 Å². The summed E-state index contributed by atoms with van der Waals surface area (Å²) in [4.78, 5) is 13.1. The summed E-state index contributed by atoms with van der Waals surface area (Å²) in [7, 11) is 0. The molecule has 10 heteroatoms. The summed E-state index contributed by atoms with van der Waals surface area (Å²) in [5.74, 6) is 1.02. The highest BCUT2D eigenvalue weighted by atomic mass is 32.1. The molecule has 0 N–H and O–H groups in total. The molecular weight excluding hydrogens is 378 g/mol. The molecule has 1 fully saturated rings. The fraction of sp³-hybridized carbons (Fsp3) is 0.500. The molecule has 0 aromatic carbocycles. The largest absolute Gasteiger partial charge is 0.378 e. The molecule has 1 saturated heterocycles. The second kappa shape index (κ2) is 5.79. The van der Waals surface area contributed by atoms with Crippen LogP contribution in [0.15, 0.2) is 6.33 Å². The van der Waals surface area contributed by atoms with Crippen molar-refractivity contribution in [2.45, 2.75) is 32.5 Å². The molecule has 2 aliphatic heterocycles. The second-order valence-electron chi connectivity index (χ2n) is 7.87. The minimum Gasteiger partial charge on any atom is -0.378 e. The predicted octanol–water partition coefficient (Wildman–Crippen LogP) is 1.97. The van der Waals surface area contributed by atoms with Crippen LogP contribution in [0.5, 0.6) is 0 Å². The monoisotopic (exact) mass is 397 g/mol. The summed E-state index contributed by atoms with van der Waals surface area (Å²) in [5.41, 5.74) is 3.89. The van der Waals surface area contributed by atoms with Gasteiger partial charge in [-0.25, -0.2) is 9.97 Å². The van der Waals surface area contributed by atoms with Gasteiger partial charge in [-0.3, -0.25) is 0 Å². The molecule has 0 spiro atoms. The van der Waals surface area contributed by atoms with Crippen molar-refractivity contribution in [3.05, 3.63) is 17.5 Å². The van der Waals surface area contributed by atoms with E-state index in [-0.39, 0.29) is 5.60 Å². The number of ether oxygens (including phenoxy) is 2. The molecule has 0 unspecified atom stereocenters. The van der Waals surface area contributed by atoms with Gasteiger partial charge in [-0.1, -0.05) is 0 Å². The van der Waals surface area contributed by atoms with E-state index in [2.05, 4.69) is 39.3 Å². The molecule has 28 heavy (non-hydrogen) atoms. The van der Waals surface area contributed by atoms with Crippen molar-refractivity contribution < 1.29 is 9.47 Å². The summed E-state index contributed by atoms with van der Waals surface area (Å²) < 4.78 is 14.3. The van der Waals surface area contributed by atoms with E-state index >= 15 is 0 Å². The van der Waals surface area contributed by atoms with E-state index in [1.54, 1.807) is 22.2 Å². The van der Waals surface area contributed by atoms with E-state index in [4.69, 9.17) is 14.5 Å². The molecular formula is C18H19N7O2S. The topological polar surface area (TPSA) is 90.6 Å². The van der Waals surface area contributed by atoms with E-state index in [1.807, 2.05) is 0 Å². The molecule has 0 atom stereocenters. The molecule has 6 heterocycles. The number of tetrazole rings is 1. The zero-order chi connectivity index (χ0) is 18.9. The Labute approximate surface area is 164 Å². The zero-order valence-electron chi connectivity index (χ0n) is 15.7. The quantitative estimate of drug-likeness (QED) is 0.482. The fourth-order valence-electron chi connectivity index (χ4n) is 4.15. The molecule has 144 valence electrons. The third-order valence-corrected chi connectivity index (χ3v) is 6.59. The van der Waals surface area contributed by atoms with Gasteiger partial charge in [0.25, 0.3) is 0 Å². The maximum Gasteiger partial charge on any atom is 0.200 e. The standard InChI is InChI=1S/C18H19N7O2S/c1-18(2)7-10-11(8-27-18)15(24-3-5-26-6-4-24)20-17-12(10)13-14(28-17)16-21-22-23-25(16)9-19-13/h9H,3-8H2,1-2H3. The molecule has 0 aliphatic carbocycles. The van der Waals surface area contributed by atoms with Crippen LogP contribution < -0.4 is 4.90 Å². The number of pyridine rings is 1. The van der Waals surface area contributed by atoms with Crippen molar-refractivity contribution in [3.8, 4) is 0 Å². The van der Waals surface area contributed by atoms with Crippen LogP contribution in [-0.4, -0.2) is 61.9 Å². The summed E-state index contributed by atoms with van der Waals surface area (Å²) >= 11 is 1.61. The minimum absolute atomic E-state index is 0.224. The smallest absolute Gasteiger partial charge is 0.200 e. The summed E-state index contributed by atoms with van der Waals surface area (Å²) in [6.07, 6.45) is 2.50. The number of aromatic nitrogens is 6. The van der Waals surface area contributed by atoms with Crippen LogP contribution >= 0.6 is 11.3 Å². The molecule has 2 aliphatic rings. The Morgan fingerprint density at radius 1 is 1.18 bits per heavy atom. The van der Waals surface area contributed by atoms with Gasteiger partial charge in [0.05, 0.1) is 30.9 Å². The Kier molecular flexibility index (Phi) is 3.41. The summed E-state index contributed by atoms with van der Waals surface area (Å²) in [5, 5.41) is 13.1. The number of thiophene rings is 1. The third-order valence-electron chi connectivity index (χ3n) is 5.52. The SMILES string of the molecule is CC1(C)Cc2c(c(N3CCOCC3)nc3sc4c(ncn5nnnc45)c23)CO1. The summed E-state index contributed by atoms with van der Waals surface area (Å²) in [6, 6.07) is 0. The van der Waals surface area contributed by atoms with Crippen LogP contribution in [0.25, 0.3) is 26.1 Å². The highest BCUT2D eigenvalue weighted by Gasteiger charge is 2.33. The molecule has 0 saturated carbocycles. The van der Waals surface area contributed by atoms with Crippen molar-refractivity contribution in [3.63, 3.8) is 0 Å². The van der Waals surface area contributed by atoms with E-state index in [0.717, 1.165) is 64.6 Å². The second-order valence-corrected chi connectivity index (χ2v) is 8.87. The van der Waals surface area contributed by atoms with Crippen LogP contribution in [-0.2, 0) is 22.5 Å². The Morgan fingerprint density at radius 3 is 2.89 bits per heavy atom. The summed E-state index contributed by atoms with van der Waals surface area (Å²) in [6.45, 7) is 7.97. The van der Waals surface area contributed by atoms with Crippen LogP contribution in [0.2, 0.25) is 0 Å². The van der Waals surface area contributed by atoms with Gasteiger partial charge in [0, 0.05) is 30.5 Å². The number of hydrogen-bond acceptors (Lipinski definition) is 9. The number of fused-ring (bicyclic) bond motifs is 7. The lowest BCUT2D eigenvalue weighted by Crippen LogP contribution is -2.39. The number of nitrogens with zero attached hydrogens (tertiary/aromatic N) is 7.